The Morgan fingerprint density at radius 3 is 2.45 bits per heavy atom. The fourth-order valence-electron chi connectivity index (χ4n) is 3.37. The number of benzene rings is 2. The van der Waals surface area contributed by atoms with Crippen molar-refractivity contribution in [2.75, 3.05) is 42.9 Å². The van der Waals surface area contributed by atoms with Crippen molar-refractivity contribution in [1.29, 1.82) is 5.26 Å². The van der Waals surface area contributed by atoms with Gasteiger partial charge in [0, 0.05) is 11.4 Å². The average molecular weight is 403 g/mol. The molecule has 0 saturated carbocycles. The lowest BCUT2D eigenvalue weighted by Gasteiger charge is -2.33. The molecule has 1 heterocycles. The van der Waals surface area contributed by atoms with Crippen molar-refractivity contribution in [3.8, 4) is 6.07 Å². The minimum atomic E-state index is -4.35. The molecule has 1 amide bonds. The van der Waals surface area contributed by atoms with E-state index in [-0.39, 0.29) is 5.91 Å². The zero-order valence-electron chi connectivity index (χ0n) is 15.8. The molecule has 0 spiro atoms. The number of nitriles is 1. The summed E-state index contributed by atoms with van der Waals surface area (Å²) in [5, 5.41) is 11.5. The molecule has 2 aromatic rings. The van der Waals surface area contributed by atoms with Gasteiger partial charge in [0.2, 0.25) is 0 Å². The monoisotopic (exact) mass is 403 g/mol. The highest BCUT2D eigenvalue weighted by Crippen LogP contribution is 2.31. The number of piperazine rings is 1. The SMILES string of the molecule is N#CCc1ccc(NC(=O)C[NH+]2CCN(c3cccc(C(F)(F)F)c3)CC2)cc1. The Bertz CT molecular complexity index is 882. The van der Waals surface area contributed by atoms with Crippen molar-refractivity contribution in [1.82, 2.24) is 0 Å². The summed E-state index contributed by atoms with van der Waals surface area (Å²) in [6, 6.07) is 14.6. The number of carbonyl (C=O) groups excluding carboxylic acids is 1. The van der Waals surface area contributed by atoms with Crippen LogP contribution in [0.25, 0.3) is 0 Å². The van der Waals surface area contributed by atoms with Crippen molar-refractivity contribution in [2.45, 2.75) is 12.6 Å². The third kappa shape index (κ3) is 5.72. The van der Waals surface area contributed by atoms with Crippen LogP contribution in [0.15, 0.2) is 48.5 Å². The van der Waals surface area contributed by atoms with Gasteiger partial charge in [0.1, 0.15) is 0 Å². The molecule has 29 heavy (non-hydrogen) atoms. The molecule has 0 atom stereocenters. The Labute approximate surface area is 167 Å². The lowest BCUT2D eigenvalue weighted by Crippen LogP contribution is -3.15. The Morgan fingerprint density at radius 2 is 1.83 bits per heavy atom. The molecule has 3 rings (SSSR count). The highest BCUT2D eigenvalue weighted by Gasteiger charge is 2.31. The van der Waals surface area contributed by atoms with Gasteiger partial charge >= 0.3 is 6.18 Å². The maximum Gasteiger partial charge on any atom is 0.416 e. The van der Waals surface area contributed by atoms with E-state index < -0.39 is 11.7 Å². The second-order valence-corrected chi connectivity index (χ2v) is 7.04. The number of halogens is 3. The van der Waals surface area contributed by atoms with E-state index in [1.807, 2.05) is 4.90 Å². The second kappa shape index (κ2) is 8.97. The molecule has 2 aromatic carbocycles. The number of nitrogens with one attached hydrogen (secondary N) is 2. The Kier molecular flexibility index (Phi) is 6.39. The highest BCUT2D eigenvalue weighted by atomic mass is 19.4. The minimum absolute atomic E-state index is 0.111. The number of amides is 1. The topological polar surface area (TPSA) is 60.6 Å². The number of hydrogen-bond acceptors (Lipinski definition) is 3. The smallest absolute Gasteiger partial charge is 0.360 e. The zero-order valence-corrected chi connectivity index (χ0v) is 15.8. The normalized spacial score (nSPS) is 15.0. The lowest BCUT2D eigenvalue weighted by atomic mass is 10.1. The van der Waals surface area contributed by atoms with Crippen LogP contribution in [-0.4, -0.2) is 38.6 Å². The molecule has 8 heteroatoms. The van der Waals surface area contributed by atoms with Crippen molar-refractivity contribution >= 4 is 17.3 Å². The van der Waals surface area contributed by atoms with Gasteiger partial charge in [0.05, 0.1) is 44.2 Å². The van der Waals surface area contributed by atoms with Crippen molar-refractivity contribution in [3.05, 3.63) is 59.7 Å². The first kappa shape index (κ1) is 20.7. The quantitative estimate of drug-likeness (QED) is 0.804. The number of hydrogen-bond donors (Lipinski definition) is 2. The Hall–Kier alpha value is -3.05. The van der Waals surface area contributed by atoms with E-state index in [2.05, 4.69) is 11.4 Å². The molecular formula is C21H22F3N4O+. The third-order valence-electron chi connectivity index (χ3n) is 4.94. The molecule has 2 N–H and O–H groups in total. The van der Waals surface area contributed by atoms with Crippen LogP contribution in [0.5, 0.6) is 0 Å². The average Bonchev–Trinajstić information content (AvgIpc) is 2.70. The predicted octanol–water partition coefficient (Wildman–Crippen LogP) is 2.12. The predicted molar refractivity (Wildman–Crippen MR) is 104 cm³/mol. The number of rotatable bonds is 5. The molecular weight excluding hydrogens is 381 g/mol. The van der Waals surface area contributed by atoms with E-state index in [0.29, 0.717) is 50.5 Å². The lowest BCUT2D eigenvalue weighted by molar-refractivity contribution is -0.892. The first-order chi connectivity index (χ1) is 13.8. The molecule has 1 aliphatic rings. The van der Waals surface area contributed by atoms with Gasteiger partial charge in [-0.15, -0.1) is 0 Å². The molecule has 1 fully saturated rings. The molecule has 0 aliphatic carbocycles. The first-order valence-electron chi connectivity index (χ1n) is 9.36. The van der Waals surface area contributed by atoms with Crippen LogP contribution in [0, 0.1) is 11.3 Å². The fourth-order valence-corrected chi connectivity index (χ4v) is 3.37. The summed E-state index contributed by atoms with van der Waals surface area (Å²) in [4.78, 5) is 15.3. The van der Waals surface area contributed by atoms with Gasteiger partial charge < -0.3 is 15.1 Å². The molecule has 0 radical (unpaired) electrons. The summed E-state index contributed by atoms with van der Waals surface area (Å²) in [6.45, 7) is 2.82. The van der Waals surface area contributed by atoms with Crippen LogP contribution < -0.4 is 15.1 Å². The summed E-state index contributed by atoms with van der Waals surface area (Å²) < 4.78 is 38.7. The van der Waals surface area contributed by atoms with Crippen molar-refractivity contribution < 1.29 is 22.9 Å². The molecule has 1 saturated heterocycles. The van der Waals surface area contributed by atoms with E-state index in [1.165, 1.54) is 12.1 Å². The molecule has 0 aromatic heterocycles. The van der Waals surface area contributed by atoms with E-state index in [4.69, 9.17) is 5.26 Å². The van der Waals surface area contributed by atoms with Crippen molar-refractivity contribution in [3.63, 3.8) is 0 Å². The standard InChI is InChI=1S/C21H21F3N4O/c22-21(23,24)17-2-1-3-19(14-17)28-12-10-27(11-13-28)15-20(29)26-18-6-4-16(5-7-18)8-9-25/h1-7,14H,8,10-13,15H2,(H,26,29)/p+1. The molecule has 1 aliphatic heterocycles. The highest BCUT2D eigenvalue weighted by molar-refractivity contribution is 5.91. The number of nitrogens with zero attached hydrogens (tertiary/aromatic N) is 2. The summed E-state index contributed by atoms with van der Waals surface area (Å²) >= 11 is 0. The number of carbonyl (C=O) groups is 1. The summed E-state index contributed by atoms with van der Waals surface area (Å²) in [5.41, 5.74) is 1.48. The van der Waals surface area contributed by atoms with Gasteiger partial charge in [-0.1, -0.05) is 18.2 Å². The second-order valence-electron chi connectivity index (χ2n) is 7.04. The van der Waals surface area contributed by atoms with E-state index in [9.17, 15) is 18.0 Å². The summed E-state index contributed by atoms with van der Waals surface area (Å²) in [7, 11) is 0. The van der Waals surface area contributed by atoms with Gasteiger partial charge in [-0.2, -0.15) is 18.4 Å². The largest absolute Gasteiger partial charge is 0.416 e. The van der Waals surface area contributed by atoms with E-state index >= 15 is 0 Å². The van der Waals surface area contributed by atoms with Gasteiger partial charge in [0.25, 0.3) is 5.91 Å². The molecule has 5 nitrogen and oxygen atoms in total. The van der Waals surface area contributed by atoms with E-state index in [0.717, 1.165) is 16.5 Å². The maximum absolute atomic E-state index is 12.9. The van der Waals surface area contributed by atoms with Crippen LogP contribution in [-0.2, 0) is 17.4 Å². The Balaban J connectivity index is 1.49. The van der Waals surface area contributed by atoms with Crippen molar-refractivity contribution in [2.24, 2.45) is 0 Å². The molecule has 0 bridgehead atoms. The van der Waals surface area contributed by atoms with E-state index in [1.54, 1.807) is 30.3 Å². The van der Waals surface area contributed by atoms with Crippen LogP contribution in [0.2, 0.25) is 0 Å². The van der Waals surface area contributed by atoms with Crippen LogP contribution in [0.3, 0.4) is 0 Å². The number of quaternary nitrogens is 1. The minimum Gasteiger partial charge on any atom is -0.360 e. The zero-order chi connectivity index (χ0) is 20.9. The third-order valence-corrected chi connectivity index (χ3v) is 4.94. The van der Waals surface area contributed by atoms with Gasteiger partial charge in [-0.3, -0.25) is 4.79 Å². The number of anilines is 2. The van der Waals surface area contributed by atoms with Gasteiger partial charge in [-0.25, -0.2) is 0 Å². The maximum atomic E-state index is 12.9. The molecule has 152 valence electrons. The summed E-state index contributed by atoms with van der Waals surface area (Å²) in [6.07, 6.45) is -4.03. The molecule has 0 unspecified atom stereocenters. The first-order valence-corrected chi connectivity index (χ1v) is 9.36. The number of alkyl halides is 3. The van der Waals surface area contributed by atoms with Gasteiger partial charge in [0.15, 0.2) is 6.54 Å². The Morgan fingerprint density at radius 1 is 1.14 bits per heavy atom. The van der Waals surface area contributed by atoms with Crippen LogP contribution >= 0.6 is 0 Å². The van der Waals surface area contributed by atoms with Crippen LogP contribution in [0.4, 0.5) is 24.5 Å². The van der Waals surface area contributed by atoms with Crippen LogP contribution in [0.1, 0.15) is 11.1 Å². The summed E-state index contributed by atoms with van der Waals surface area (Å²) in [5.74, 6) is -0.111. The fraction of sp³-hybridized carbons (Fsp3) is 0.333. The van der Waals surface area contributed by atoms with Gasteiger partial charge in [-0.05, 0) is 35.9 Å².